The first-order valence-electron chi connectivity index (χ1n) is 5.99. The maximum Gasteiger partial charge on any atom is 0.466 e. The van der Waals surface area contributed by atoms with Gasteiger partial charge in [-0.1, -0.05) is 12.8 Å². The normalized spacial score (nSPS) is 19.2. The summed E-state index contributed by atoms with van der Waals surface area (Å²) in [6.45, 7) is 0. The van der Waals surface area contributed by atoms with Crippen molar-refractivity contribution in [1.82, 2.24) is 0 Å². The van der Waals surface area contributed by atoms with Gasteiger partial charge in [0.05, 0.1) is 0 Å². The Morgan fingerprint density at radius 3 is 0.960 bits per heavy atom. The van der Waals surface area contributed by atoms with E-state index in [4.69, 9.17) is 69.8 Å². The molecular formula is C8H22N2O12P2Pt. The molecular weight excluding hydrogens is 573 g/mol. The van der Waals surface area contributed by atoms with Crippen LogP contribution in [0.25, 0.3) is 0 Å². The van der Waals surface area contributed by atoms with E-state index in [0.29, 0.717) is 0 Å². The van der Waals surface area contributed by atoms with Gasteiger partial charge in [0.1, 0.15) is 0 Å². The molecule has 0 aliphatic heterocycles. The second kappa shape index (κ2) is 16.0. The fourth-order valence-electron chi connectivity index (χ4n) is 1.19. The summed E-state index contributed by atoms with van der Waals surface area (Å²) in [6, 6.07) is 0.562. The van der Waals surface area contributed by atoms with Crippen molar-refractivity contribution in [2.24, 2.45) is 11.5 Å². The molecule has 0 unspecified atom stereocenters. The van der Waals surface area contributed by atoms with Gasteiger partial charge in [-0.25, -0.2) is 18.7 Å². The van der Waals surface area contributed by atoms with Gasteiger partial charge in [0.25, 0.3) is 0 Å². The molecule has 1 fully saturated rings. The minimum Gasteiger partial charge on any atom is -0.473 e. The van der Waals surface area contributed by atoms with Crippen LogP contribution < -0.4 is 11.5 Å². The molecule has 0 aromatic carbocycles. The van der Waals surface area contributed by atoms with Crippen LogP contribution in [-0.4, -0.2) is 63.6 Å². The minimum absolute atomic E-state index is 0. The summed E-state index contributed by atoms with van der Waals surface area (Å²) in [4.78, 5) is 61.3. The number of carbonyl (C=O) groups is 2. The second-order valence-electron chi connectivity index (χ2n) is 4.25. The zero-order chi connectivity index (χ0) is 20.1. The SMILES string of the molecule is N[C@@H]1CCCC[C@H]1N.O=C(O)C(=O)O.O=P(O)(O)O.O=P(O)(O)O.[Pt]. The third-order valence-corrected chi connectivity index (χ3v) is 2.06. The zero-order valence-electron chi connectivity index (χ0n) is 12.6. The maximum atomic E-state index is 9.10. The molecule has 1 aliphatic rings. The van der Waals surface area contributed by atoms with E-state index in [9.17, 15) is 0 Å². The number of aliphatic carboxylic acids is 2. The Morgan fingerprint density at radius 2 is 0.880 bits per heavy atom. The van der Waals surface area contributed by atoms with Crippen LogP contribution in [0.15, 0.2) is 0 Å². The van der Waals surface area contributed by atoms with Crippen molar-refractivity contribution in [2.45, 2.75) is 37.8 Å². The number of carboxylic acid groups (broad SMARTS) is 2. The predicted octanol–water partition coefficient (Wildman–Crippen LogP) is -2.49. The third kappa shape index (κ3) is 51.6. The van der Waals surface area contributed by atoms with E-state index < -0.39 is 27.6 Å². The Labute approximate surface area is 156 Å². The molecule has 1 rings (SSSR count). The van der Waals surface area contributed by atoms with Crippen molar-refractivity contribution in [3.8, 4) is 0 Å². The number of nitrogens with two attached hydrogens (primary N) is 2. The number of hydrogen-bond donors (Lipinski definition) is 10. The molecule has 0 bridgehead atoms. The molecule has 17 heteroatoms. The van der Waals surface area contributed by atoms with Crippen LogP contribution >= 0.6 is 15.6 Å². The Morgan fingerprint density at radius 1 is 0.720 bits per heavy atom. The summed E-state index contributed by atoms with van der Waals surface area (Å²) >= 11 is 0. The molecule has 1 saturated carbocycles. The van der Waals surface area contributed by atoms with Gasteiger partial charge >= 0.3 is 27.6 Å². The van der Waals surface area contributed by atoms with Crippen LogP contribution in [0.2, 0.25) is 0 Å². The molecule has 14 nitrogen and oxygen atoms in total. The van der Waals surface area contributed by atoms with Gasteiger partial charge in [-0.15, -0.1) is 0 Å². The Bertz CT molecular complexity index is 408. The number of hydrogen-bond acceptors (Lipinski definition) is 6. The van der Waals surface area contributed by atoms with Gasteiger partial charge in [0.15, 0.2) is 0 Å². The smallest absolute Gasteiger partial charge is 0.466 e. The van der Waals surface area contributed by atoms with E-state index in [0.717, 1.165) is 12.8 Å². The first-order chi connectivity index (χ1) is 10.4. The van der Waals surface area contributed by atoms with Gasteiger partial charge in [0.2, 0.25) is 0 Å². The van der Waals surface area contributed by atoms with Crippen LogP contribution in [-0.2, 0) is 39.8 Å². The first kappa shape index (κ1) is 32.4. The summed E-state index contributed by atoms with van der Waals surface area (Å²) in [6.07, 6.45) is 4.80. The number of rotatable bonds is 0. The van der Waals surface area contributed by atoms with E-state index in [1.54, 1.807) is 0 Å². The molecule has 0 heterocycles. The fourth-order valence-corrected chi connectivity index (χ4v) is 1.19. The quantitative estimate of drug-likeness (QED) is 0.102. The van der Waals surface area contributed by atoms with E-state index in [1.165, 1.54) is 12.8 Å². The number of carboxylic acids is 2. The Balaban J connectivity index is -0.000000119. The molecule has 0 aromatic rings. The first-order valence-corrected chi connectivity index (χ1v) is 9.12. The van der Waals surface area contributed by atoms with Crippen molar-refractivity contribution < 1.29 is 79.4 Å². The average molecular weight is 595 g/mol. The predicted molar refractivity (Wildman–Crippen MR) is 78.2 cm³/mol. The molecule has 2 atom stereocenters. The van der Waals surface area contributed by atoms with Gasteiger partial charge in [-0.2, -0.15) is 0 Å². The molecule has 0 aromatic heterocycles. The second-order valence-corrected chi connectivity index (χ2v) is 6.30. The van der Waals surface area contributed by atoms with Gasteiger partial charge in [-0.3, -0.25) is 0 Å². The fraction of sp³-hybridized carbons (Fsp3) is 0.750. The monoisotopic (exact) mass is 595 g/mol. The Kier molecular flexibility index (Phi) is 20.7. The van der Waals surface area contributed by atoms with Crippen LogP contribution in [0, 0.1) is 0 Å². The van der Waals surface area contributed by atoms with Crippen molar-refractivity contribution >= 4 is 27.6 Å². The molecule has 0 saturated heterocycles. The van der Waals surface area contributed by atoms with Crippen LogP contribution in [0.1, 0.15) is 25.7 Å². The maximum absolute atomic E-state index is 9.10. The topological polar surface area (TPSA) is 282 Å². The summed E-state index contributed by atoms with van der Waals surface area (Å²) in [5.41, 5.74) is 11.3. The third-order valence-electron chi connectivity index (χ3n) is 2.06. The van der Waals surface area contributed by atoms with Crippen molar-refractivity contribution in [3.05, 3.63) is 0 Å². The zero-order valence-corrected chi connectivity index (χ0v) is 16.6. The molecule has 12 N–H and O–H groups in total. The molecule has 156 valence electrons. The molecule has 0 radical (unpaired) electrons. The number of phosphoric acid groups is 2. The summed E-state index contributed by atoms with van der Waals surface area (Å²) in [7, 11) is -9.28. The Hall–Kier alpha value is -0.232. The van der Waals surface area contributed by atoms with E-state index in [-0.39, 0.29) is 33.1 Å². The van der Waals surface area contributed by atoms with Crippen molar-refractivity contribution in [3.63, 3.8) is 0 Å². The van der Waals surface area contributed by atoms with Crippen LogP contribution in [0.4, 0.5) is 0 Å². The van der Waals surface area contributed by atoms with Gasteiger partial charge in [0, 0.05) is 33.1 Å². The van der Waals surface area contributed by atoms with Gasteiger partial charge < -0.3 is 51.0 Å². The van der Waals surface area contributed by atoms with Crippen LogP contribution in [0.5, 0.6) is 0 Å². The summed E-state index contributed by atoms with van der Waals surface area (Å²) in [5.74, 6) is -3.65. The molecule has 0 spiro atoms. The molecule has 0 amide bonds. The molecule has 1 aliphatic carbocycles. The van der Waals surface area contributed by atoms with Crippen molar-refractivity contribution in [2.75, 3.05) is 0 Å². The summed E-state index contributed by atoms with van der Waals surface area (Å²) in [5, 5.41) is 14.8. The largest absolute Gasteiger partial charge is 0.473 e. The summed E-state index contributed by atoms with van der Waals surface area (Å²) < 4.78 is 17.8. The van der Waals surface area contributed by atoms with E-state index >= 15 is 0 Å². The minimum atomic E-state index is -4.64. The van der Waals surface area contributed by atoms with Gasteiger partial charge in [-0.05, 0) is 12.8 Å². The standard InChI is InChI=1S/C6H14N2.C2H2O4.2H3O4P.Pt/c7-5-3-1-2-4-6(5)8;3-1(4)2(5)6;2*1-5(2,3)4;/h5-6H,1-4,7-8H2;(H,3,4)(H,5,6);2*(H3,1,2,3,4);/t5-,6-;;;;/m1..../s1. The van der Waals surface area contributed by atoms with E-state index in [2.05, 4.69) is 0 Å². The van der Waals surface area contributed by atoms with E-state index in [1.807, 2.05) is 0 Å². The van der Waals surface area contributed by atoms with Crippen molar-refractivity contribution in [1.29, 1.82) is 0 Å². The molecule has 25 heavy (non-hydrogen) atoms. The average Bonchev–Trinajstić information content (AvgIpc) is 2.29. The van der Waals surface area contributed by atoms with Crippen LogP contribution in [0.3, 0.4) is 0 Å².